The lowest BCUT2D eigenvalue weighted by Gasteiger charge is -2.25. The monoisotopic (exact) mass is 301 g/mol. The van der Waals surface area contributed by atoms with Crippen molar-refractivity contribution < 1.29 is 4.74 Å². The summed E-state index contributed by atoms with van der Waals surface area (Å²) in [6.45, 7) is 7.51. The highest BCUT2D eigenvalue weighted by molar-refractivity contribution is 5.27. The van der Waals surface area contributed by atoms with Gasteiger partial charge < -0.3 is 4.74 Å². The Kier molecular flexibility index (Phi) is 8.70. The molecule has 22 heavy (non-hydrogen) atoms. The minimum Gasteiger partial charge on any atom is -0.497 e. The number of ether oxygens (including phenoxy) is 1. The summed E-state index contributed by atoms with van der Waals surface area (Å²) in [5.41, 5.74) is 1.17. The summed E-state index contributed by atoms with van der Waals surface area (Å²) in [4.78, 5) is 0. The van der Waals surface area contributed by atoms with Crippen LogP contribution in [0, 0.1) is 11.8 Å². The number of rotatable bonds is 9. The molecule has 0 saturated heterocycles. The molecule has 1 N–H and O–H groups in total. The molecule has 0 amide bonds. The molecule has 0 aliphatic heterocycles. The average molecular weight is 301 g/mol. The Bertz CT molecular complexity index is 469. The zero-order valence-corrected chi connectivity index (χ0v) is 14.7. The highest BCUT2D eigenvalue weighted by Gasteiger charge is 2.19. The van der Waals surface area contributed by atoms with Gasteiger partial charge >= 0.3 is 0 Å². The van der Waals surface area contributed by atoms with Crippen molar-refractivity contribution in [2.24, 2.45) is 0 Å². The van der Waals surface area contributed by atoms with Gasteiger partial charge in [0.25, 0.3) is 0 Å². The van der Waals surface area contributed by atoms with E-state index in [2.05, 4.69) is 50.1 Å². The van der Waals surface area contributed by atoms with Crippen LogP contribution < -0.4 is 10.1 Å². The summed E-state index contributed by atoms with van der Waals surface area (Å²) in [6, 6.07) is 8.23. The number of hydrogen-bond acceptors (Lipinski definition) is 2. The van der Waals surface area contributed by atoms with Crippen LogP contribution in [0.1, 0.15) is 64.9 Å². The minimum absolute atomic E-state index is 0.0936. The van der Waals surface area contributed by atoms with Crippen molar-refractivity contribution in [2.75, 3.05) is 7.11 Å². The number of methoxy groups -OCH3 is 1. The second-order valence-corrected chi connectivity index (χ2v) is 6.04. The highest BCUT2D eigenvalue weighted by Crippen LogP contribution is 2.16. The van der Waals surface area contributed by atoms with E-state index in [1.165, 1.54) is 31.2 Å². The Morgan fingerprint density at radius 3 is 2.36 bits per heavy atom. The van der Waals surface area contributed by atoms with Gasteiger partial charge in [-0.05, 0) is 37.5 Å². The van der Waals surface area contributed by atoms with Gasteiger partial charge in [-0.1, -0.05) is 51.2 Å². The van der Waals surface area contributed by atoms with Gasteiger partial charge in [0, 0.05) is 13.0 Å². The molecule has 0 radical (unpaired) electrons. The Morgan fingerprint density at radius 1 is 1.09 bits per heavy atom. The molecule has 0 aliphatic rings. The summed E-state index contributed by atoms with van der Waals surface area (Å²) in [7, 11) is 1.70. The van der Waals surface area contributed by atoms with Crippen LogP contribution in [-0.2, 0) is 6.54 Å². The predicted octanol–water partition coefficient (Wildman–Crippen LogP) is 4.93. The Morgan fingerprint density at radius 2 is 1.77 bits per heavy atom. The van der Waals surface area contributed by atoms with E-state index in [0.717, 1.165) is 25.1 Å². The molecule has 0 aliphatic carbocycles. The Hall–Kier alpha value is -1.46. The molecule has 2 nitrogen and oxygen atoms in total. The van der Waals surface area contributed by atoms with E-state index in [-0.39, 0.29) is 5.54 Å². The second-order valence-electron chi connectivity index (χ2n) is 6.04. The van der Waals surface area contributed by atoms with Gasteiger partial charge in [-0.2, -0.15) is 0 Å². The lowest BCUT2D eigenvalue weighted by Crippen LogP contribution is -2.40. The zero-order chi connectivity index (χ0) is 16.3. The first-order chi connectivity index (χ1) is 10.6. The van der Waals surface area contributed by atoms with Crippen LogP contribution in [0.5, 0.6) is 5.75 Å². The van der Waals surface area contributed by atoms with Crippen molar-refractivity contribution in [3.8, 4) is 17.6 Å². The van der Waals surface area contributed by atoms with E-state index >= 15 is 0 Å². The normalized spacial score (nSPS) is 13.1. The van der Waals surface area contributed by atoms with Crippen molar-refractivity contribution in [3.05, 3.63) is 29.8 Å². The standard InChI is InChI=1S/C20H31NO/c1-5-7-9-10-16-20(3,15-8-6-2)21-17-18-11-13-19(22-4)14-12-18/h11-14,21H,5-9,15,17H2,1-4H3. The summed E-state index contributed by atoms with van der Waals surface area (Å²) in [5, 5.41) is 3.65. The van der Waals surface area contributed by atoms with Crippen molar-refractivity contribution in [1.29, 1.82) is 0 Å². The van der Waals surface area contributed by atoms with Gasteiger partial charge in [0.15, 0.2) is 0 Å². The van der Waals surface area contributed by atoms with Gasteiger partial charge in [-0.3, -0.25) is 5.32 Å². The SMILES string of the molecule is CCCCC#CC(C)(CCCC)NCc1ccc(OC)cc1. The summed E-state index contributed by atoms with van der Waals surface area (Å²) < 4.78 is 5.20. The van der Waals surface area contributed by atoms with Crippen molar-refractivity contribution in [1.82, 2.24) is 5.32 Å². The molecule has 0 spiro atoms. The molecule has 1 rings (SSSR count). The van der Waals surface area contributed by atoms with Crippen molar-refractivity contribution in [3.63, 3.8) is 0 Å². The van der Waals surface area contributed by atoms with Gasteiger partial charge in [-0.25, -0.2) is 0 Å². The first-order valence-corrected chi connectivity index (χ1v) is 8.51. The number of benzene rings is 1. The molecule has 1 atom stereocenters. The zero-order valence-electron chi connectivity index (χ0n) is 14.7. The van der Waals surface area contributed by atoms with Crippen LogP contribution in [0.4, 0.5) is 0 Å². The van der Waals surface area contributed by atoms with Gasteiger partial charge in [0.2, 0.25) is 0 Å². The molecule has 0 aromatic heterocycles. The maximum atomic E-state index is 5.20. The third-order valence-corrected chi connectivity index (χ3v) is 3.89. The quantitative estimate of drug-likeness (QED) is 0.516. The van der Waals surface area contributed by atoms with Crippen LogP contribution in [0.25, 0.3) is 0 Å². The number of nitrogens with one attached hydrogen (secondary N) is 1. The molecule has 1 aromatic carbocycles. The predicted molar refractivity (Wildman–Crippen MR) is 95.1 cm³/mol. The van der Waals surface area contributed by atoms with E-state index in [1.807, 2.05) is 12.1 Å². The van der Waals surface area contributed by atoms with Crippen LogP contribution in [-0.4, -0.2) is 12.6 Å². The van der Waals surface area contributed by atoms with Gasteiger partial charge in [0.1, 0.15) is 5.75 Å². The molecule has 1 aromatic rings. The summed E-state index contributed by atoms with van der Waals surface area (Å²) in [6.07, 6.45) is 6.90. The molecule has 0 bridgehead atoms. The summed E-state index contributed by atoms with van der Waals surface area (Å²) >= 11 is 0. The molecular weight excluding hydrogens is 270 g/mol. The lowest BCUT2D eigenvalue weighted by molar-refractivity contribution is 0.405. The van der Waals surface area contributed by atoms with Crippen LogP contribution in [0.15, 0.2) is 24.3 Å². The largest absolute Gasteiger partial charge is 0.497 e. The fourth-order valence-corrected chi connectivity index (χ4v) is 2.29. The fourth-order valence-electron chi connectivity index (χ4n) is 2.29. The molecule has 2 heteroatoms. The van der Waals surface area contributed by atoms with Crippen molar-refractivity contribution in [2.45, 2.75) is 71.4 Å². The molecule has 122 valence electrons. The fraction of sp³-hybridized carbons (Fsp3) is 0.600. The first kappa shape index (κ1) is 18.6. The summed E-state index contributed by atoms with van der Waals surface area (Å²) in [5.74, 6) is 7.73. The lowest BCUT2D eigenvalue weighted by atomic mass is 9.94. The second kappa shape index (κ2) is 10.3. The van der Waals surface area contributed by atoms with E-state index in [0.29, 0.717) is 0 Å². The third kappa shape index (κ3) is 7.00. The Labute approximate surface area is 136 Å². The number of unbranched alkanes of at least 4 members (excludes halogenated alkanes) is 3. The molecular formula is C20H31NO. The van der Waals surface area contributed by atoms with Crippen LogP contribution in [0.2, 0.25) is 0 Å². The van der Waals surface area contributed by atoms with Crippen LogP contribution >= 0.6 is 0 Å². The molecule has 1 unspecified atom stereocenters. The molecule has 0 saturated carbocycles. The maximum Gasteiger partial charge on any atom is 0.118 e. The van der Waals surface area contributed by atoms with E-state index in [1.54, 1.807) is 7.11 Å². The minimum atomic E-state index is -0.0936. The van der Waals surface area contributed by atoms with E-state index < -0.39 is 0 Å². The topological polar surface area (TPSA) is 21.3 Å². The Balaban J connectivity index is 2.63. The average Bonchev–Trinajstić information content (AvgIpc) is 2.56. The van der Waals surface area contributed by atoms with Crippen molar-refractivity contribution >= 4 is 0 Å². The van der Waals surface area contributed by atoms with Gasteiger partial charge in [0.05, 0.1) is 12.6 Å². The molecule has 0 heterocycles. The van der Waals surface area contributed by atoms with E-state index in [4.69, 9.17) is 4.74 Å². The highest BCUT2D eigenvalue weighted by atomic mass is 16.5. The van der Waals surface area contributed by atoms with Crippen LogP contribution in [0.3, 0.4) is 0 Å². The first-order valence-electron chi connectivity index (χ1n) is 8.51. The third-order valence-electron chi connectivity index (χ3n) is 3.89. The number of hydrogen-bond donors (Lipinski definition) is 1. The smallest absolute Gasteiger partial charge is 0.118 e. The van der Waals surface area contributed by atoms with E-state index in [9.17, 15) is 0 Å². The van der Waals surface area contributed by atoms with Gasteiger partial charge in [-0.15, -0.1) is 5.92 Å². The maximum absolute atomic E-state index is 5.20. The molecule has 0 fully saturated rings.